The molecule has 0 amide bonds. The second-order valence-corrected chi connectivity index (χ2v) is 5.11. The van der Waals surface area contributed by atoms with Crippen LogP contribution in [0.1, 0.15) is 28.4 Å². The Balaban J connectivity index is 2.22. The fourth-order valence-corrected chi connectivity index (χ4v) is 2.24. The molecule has 20 heavy (non-hydrogen) atoms. The Bertz CT molecular complexity index is 635. The minimum atomic E-state index is -0.00407. The van der Waals surface area contributed by atoms with E-state index in [9.17, 15) is 4.79 Å². The summed E-state index contributed by atoms with van der Waals surface area (Å²) in [5.41, 5.74) is 10.6. The summed E-state index contributed by atoms with van der Waals surface area (Å²) in [6.45, 7) is 4.45. The van der Waals surface area contributed by atoms with Crippen LogP contribution in [0.15, 0.2) is 42.5 Å². The number of rotatable bonds is 4. The Morgan fingerprint density at radius 3 is 2.50 bits per heavy atom. The number of anilines is 2. The maximum atomic E-state index is 11.4. The van der Waals surface area contributed by atoms with Gasteiger partial charge in [-0.2, -0.15) is 0 Å². The lowest BCUT2D eigenvalue weighted by molar-refractivity contribution is 0.101. The Morgan fingerprint density at radius 2 is 1.90 bits per heavy atom. The van der Waals surface area contributed by atoms with Crippen LogP contribution >= 0.6 is 0 Å². The zero-order valence-corrected chi connectivity index (χ0v) is 12.2. The molecular formula is C17H20N2O. The lowest BCUT2D eigenvalue weighted by Crippen LogP contribution is -2.17. The molecule has 0 saturated heterocycles. The van der Waals surface area contributed by atoms with Crippen molar-refractivity contribution in [3.63, 3.8) is 0 Å². The van der Waals surface area contributed by atoms with Gasteiger partial charge in [0.05, 0.1) is 0 Å². The third-order valence-corrected chi connectivity index (χ3v) is 3.52. The standard InChI is InChI=1S/C17H20N2O/c1-12-6-4-5-7-14(12)11-19(3)15-8-9-16(13(2)20)17(18)10-15/h4-10H,11,18H2,1-3H3. The summed E-state index contributed by atoms with van der Waals surface area (Å²) in [6, 6.07) is 13.9. The largest absolute Gasteiger partial charge is 0.398 e. The van der Waals surface area contributed by atoms with Crippen LogP contribution in [-0.4, -0.2) is 12.8 Å². The van der Waals surface area contributed by atoms with Crippen molar-refractivity contribution >= 4 is 17.2 Å². The Kier molecular flexibility index (Phi) is 4.08. The molecule has 0 aliphatic rings. The molecule has 0 aliphatic heterocycles. The molecule has 2 aromatic rings. The summed E-state index contributed by atoms with van der Waals surface area (Å²) in [5.74, 6) is -0.00407. The molecule has 2 N–H and O–H groups in total. The second-order valence-electron chi connectivity index (χ2n) is 5.11. The molecule has 104 valence electrons. The van der Waals surface area contributed by atoms with Gasteiger partial charge < -0.3 is 10.6 Å². The Hall–Kier alpha value is -2.29. The quantitative estimate of drug-likeness (QED) is 0.682. The van der Waals surface area contributed by atoms with Gasteiger partial charge in [-0.15, -0.1) is 0 Å². The number of carbonyl (C=O) groups is 1. The molecule has 2 rings (SSSR count). The van der Waals surface area contributed by atoms with Crippen LogP contribution in [0.4, 0.5) is 11.4 Å². The first-order chi connectivity index (χ1) is 9.49. The number of ketones is 1. The molecule has 0 bridgehead atoms. The number of benzene rings is 2. The third-order valence-electron chi connectivity index (χ3n) is 3.52. The second kappa shape index (κ2) is 5.78. The van der Waals surface area contributed by atoms with Crippen molar-refractivity contribution in [1.82, 2.24) is 0 Å². The molecule has 3 nitrogen and oxygen atoms in total. The molecule has 0 saturated carbocycles. The highest BCUT2D eigenvalue weighted by Gasteiger charge is 2.09. The Labute approximate surface area is 120 Å². The predicted molar refractivity (Wildman–Crippen MR) is 84.1 cm³/mol. The van der Waals surface area contributed by atoms with Gasteiger partial charge in [0.1, 0.15) is 0 Å². The van der Waals surface area contributed by atoms with E-state index < -0.39 is 0 Å². The molecular weight excluding hydrogens is 248 g/mol. The monoisotopic (exact) mass is 268 g/mol. The van der Waals surface area contributed by atoms with Crippen molar-refractivity contribution in [3.05, 3.63) is 59.2 Å². The van der Waals surface area contributed by atoms with Gasteiger partial charge in [-0.3, -0.25) is 4.79 Å². The zero-order chi connectivity index (χ0) is 14.7. The topological polar surface area (TPSA) is 46.3 Å². The van der Waals surface area contributed by atoms with Gasteiger partial charge >= 0.3 is 0 Å². The van der Waals surface area contributed by atoms with Crippen molar-refractivity contribution in [2.75, 3.05) is 17.7 Å². The predicted octanol–water partition coefficient (Wildman–Crippen LogP) is 3.42. The van der Waals surface area contributed by atoms with Crippen molar-refractivity contribution in [1.29, 1.82) is 0 Å². The van der Waals surface area contributed by atoms with E-state index in [4.69, 9.17) is 5.73 Å². The van der Waals surface area contributed by atoms with Gasteiger partial charge in [0, 0.05) is 30.5 Å². The summed E-state index contributed by atoms with van der Waals surface area (Å²) in [7, 11) is 2.02. The van der Waals surface area contributed by atoms with Crippen LogP contribution in [0, 0.1) is 6.92 Å². The number of hydrogen-bond donors (Lipinski definition) is 1. The van der Waals surface area contributed by atoms with E-state index >= 15 is 0 Å². The van der Waals surface area contributed by atoms with Gasteiger partial charge in [0.15, 0.2) is 5.78 Å². The molecule has 0 spiro atoms. The van der Waals surface area contributed by atoms with E-state index in [-0.39, 0.29) is 5.78 Å². The van der Waals surface area contributed by atoms with E-state index in [1.165, 1.54) is 18.1 Å². The van der Waals surface area contributed by atoms with Crippen molar-refractivity contribution in [2.24, 2.45) is 0 Å². The first kappa shape index (κ1) is 14.1. The van der Waals surface area contributed by atoms with E-state index in [1.54, 1.807) is 6.07 Å². The van der Waals surface area contributed by atoms with Crippen molar-refractivity contribution in [2.45, 2.75) is 20.4 Å². The van der Waals surface area contributed by atoms with Crippen LogP contribution in [0.3, 0.4) is 0 Å². The van der Waals surface area contributed by atoms with Gasteiger partial charge in [-0.1, -0.05) is 24.3 Å². The van der Waals surface area contributed by atoms with Gasteiger partial charge in [0.2, 0.25) is 0 Å². The molecule has 2 aromatic carbocycles. The smallest absolute Gasteiger partial charge is 0.161 e. The SMILES string of the molecule is CC(=O)c1ccc(N(C)Cc2ccccc2C)cc1N. The molecule has 0 aliphatic carbocycles. The first-order valence-electron chi connectivity index (χ1n) is 6.65. The summed E-state index contributed by atoms with van der Waals surface area (Å²) < 4.78 is 0. The molecule has 0 aromatic heterocycles. The van der Waals surface area contributed by atoms with Crippen LogP contribution in [0.25, 0.3) is 0 Å². The van der Waals surface area contributed by atoms with Crippen LogP contribution in [-0.2, 0) is 6.54 Å². The molecule has 0 fully saturated rings. The van der Waals surface area contributed by atoms with E-state index in [1.807, 2.05) is 31.3 Å². The number of aryl methyl sites for hydroxylation is 1. The normalized spacial score (nSPS) is 10.3. The van der Waals surface area contributed by atoms with E-state index in [0.29, 0.717) is 11.3 Å². The lowest BCUT2D eigenvalue weighted by Gasteiger charge is -2.21. The molecule has 0 heterocycles. The molecule has 0 atom stereocenters. The average Bonchev–Trinajstić information content (AvgIpc) is 2.40. The number of nitrogen functional groups attached to an aromatic ring is 1. The number of hydrogen-bond acceptors (Lipinski definition) is 3. The minimum absolute atomic E-state index is 0.00407. The minimum Gasteiger partial charge on any atom is -0.398 e. The molecule has 3 heteroatoms. The molecule has 0 unspecified atom stereocenters. The van der Waals surface area contributed by atoms with Gasteiger partial charge in [-0.05, 0) is 43.2 Å². The zero-order valence-electron chi connectivity index (χ0n) is 12.2. The van der Waals surface area contributed by atoms with Crippen LogP contribution < -0.4 is 10.6 Å². The highest BCUT2D eigenvalue weighted by atomic mass is 16.1. The molecule has 0 radical (unpaired) electrons. The third kappa shape index (κ3) is 2.99. The summed E-state index contributed by atoms with van der Waals surface area (Å²) >= 11 is 0. The fraction of sp³-hybridized carbons (Fsp3) is 0.235. The van der Waals surface area contributed by atoms with Gasteiger partial charge in [0.25, 0.3) is 0 Å². The number of Topliss-reactive ketones (excluding diaryl/α,β-unsaturated/α-hetero) is 1. The lowest BCUT2D eigenvalue weighted by atomic mass is 10.1. The fourth-order valence-electron chi connectivity index (χ4n) is 2.24. The van der Waals surface area contributed by atoms with E-state index in [2.05, 4.69) is 24.0 Å². The highest BCUT2D eigenvalue weighted by molar-refractivity contribution is 5.99. The maximum absolute atomic E-state index is 11.4. The number of nitrogens with zero attached hydrogens (tertiary/aromatic N) is 1. The first-order valence-corrected chi connectivity index (χ1v) is 6.65. The van der Waals surface area contributed by atoms with E-state index in [0.717, 1.165) is 12.2 Å². The van der Waals surface area contributed by atoms with Crippen molar-refractivity contribution in [3.8, 4) is 0 Å². The average molecular weight is 268 g/mol. The van der Waals surface area contributed by atoms with Crippen LogP contribution in [0.2, 0.25) is 0 Å². The van der Waals surface area contributed by atoms with Crippen molar-refractivity contribution < 1.29 is 4.79 Å². The highest BCUT2D eigenvalue weighted by Crippen LogP contribution is 2.23. The maximum Gasteiger partial charge on any atom is 0.161 e. The Morgan fingerprint density at radius 1 is 1.20 bits per heavy atom. The number of nitrogens with two attached hydrogens (primary N) is 1. The van der Waals surface area contributed by atoms with Gasteiger partial charge in [-0.25, -0.2) is 0 Å². The summed E-state index contributed by atoms with van der Waals surface area (Å²) in [4.78, 5) is 13.5. The summed E-state index contributed by atoms with van der Waals surface area (Å²) in [6.07, 6.45) is 0. The van der Waals surface area contributed by atoms with Crippen LogP contribution in [0.5, 0.6) is 0 Å². The summed E-state index contributed by atoms with van der Waals surface area (Å²) in [5, 5.41) is 0. The number of carbonyl (C=O) groups excluding carboxylic acids is 1.